The lowest BCUT2D eigenvalue weighted by Crippen LogP contribution is -2.18. The summed E-state index contributed by atoms with van der Waals surface area (Å²) >= 11 is 3.56. The molecule has 0 saturated carbocycles. The number of ether oxygens (including phenoxy) is 1. The molecule has 0 amide bonds. The predicted octanol–water partition coefficient (Wildman–Crippen LogP) is 4.01. The third-order valence-electron chi connectivity index (χ3n) is 3.23. The van der Waals surface area contributed by atoms with E-state index in [1.807, 2.05) is 30.3 Å². The largest absolute Gasteiger partial charge is 0.504 e. The summed E-state index contributed by atoms with van der Waals surface area (Å²) < 4.78 is 6.21. The van der Waals surface area contributed by atoms with Crippen molar-refractivity contribution in [3.8, 4) is 11.5 Å². The SMILES string of the molecule is COc1cc(CN[C@H](C)c2ccccc2Br)ccc1O. The fourth-order valence-electron chi connectivity index (χ4n) is 2.04. The minimum absolute atomic E-state index is 0.162. The molecule has 0 aliphatic carbocycles. The highest BCUT2D eigenvalue weighted by molar-refractivity contribution is 9.10. The topological polar surface area (TPSA) is 41.5 Å². The number of phenolic OH excluding ortho intramolecular Hbond substituents is 1. The van der Waals surface area contributed by atoms with E-state index in [1.165, 1.54) is 5.56 Å². The van der Waals surface area contributed by atoms with Crippen molar-refractivity contribution in [3.63, 3.8) is 0 Å². The second-order valence-electron chi connectivity index (χ2n) is 4.63. The second kappa shape index (κ2) is 6.77. The Morgan fingerprint density at radius 2 is 2.00 bits per heavy atom. The zero-order valence-electron chi connectivity index (χ0n) is 11.6. The molecule has 3 nitrogen and oxygen atoms in total. The van der Waals surface area contributed by atoms with Gasteiger partial charge in [0, 0.05) is 17.1 Å². The molecule has 4 heteroatoms. The van der Waals surface area contributed by atoms with Crippen molar-refractivity contribution < 1.29 is 9.84 Å². The van der Waals surface area contributed by atoms with Crippen LogP contribution in [0.15, 0.2) is 46.9 Å². The van der Waals surface area contributed by atoms with Gasteiger partial charge in [-0.2, -0.15) is 0 Å². The summed E-state index contributed by atoms with van der Waals surface area (Å²) in [5, 5.41) is 13.0. The Bertz CT molecular complexity index is 586. The fourth-order valence-corrected chi connectivity index (χ4v) is 2.67. The van der Waals surface area contributed by atoms with Crippen molar-refractivity contribution in [1.82, 2.24) is 5.32 Å². The third kappa shape index (κ3) is 3.52. The van der Waals surface area contributed by atoms with E-state index in [2.05, 4.69) is 34.2 Å². The normalized spacial score (nSPS) is 12.2. The first-order valence-electron chi connectivity index (χ1n) is 6.45. The molecule has 0 unspecified atom stereocenters. The van der Waals surface area contributed by atoms with E-state index in [9.17, 15) is 5.11 Å². The predicted molar refractivity (Wildman–Crippen MR) is 84.1 cm³/mol. The van der Waals surface area contributed by atoms with Crippen LogP contribution < -0.4 is 10.1 Å². The molecular weight excluding hydrogens is 318 g/mol. The number of halogens is 1. The maximum atomic E-state index is 9.58. The zero-order chi connectivity index (χ0) is 14.5. The molecule has 2 rings (SSSR count). The summed E-state index contributed by atoms with van der Waals surface area (Å²) in [4.78, 5) is 0. The minimum atomic E-state index is 0.162. The Kier molecular flexibility index (Phi) is 5.04. The maximum absolute atomic E-state index is 9.58. The minimum Gasteiger partial charge on any atom is -0.504 e. The van der Waals surface area contributed by atoms with Gasteiger partial charge in [0.05, 0.1) is 7.11 Å². The number of hydrogen-bond donors (Lipinski definition) is 2. The van der Waals surface area contributed by atoms with Crippen LogP contribution in [0.5, 0.6) is 11.5 Å². The highest BCUT2D eigenvalue weighted by Crippen LogP contribution is 2.27. The van der Waals surface area contributed by atoms with Crippen LogP contribution in [0.3, 0.4) is 0 Å². The Morgan fingerprint density at radius 1 is 1.25 bits per heavy atom. The third-order valence-corrected chi connectivity index (χ3v) is 3.95. The van der Waals surface area contributed by atoms with Crippen LogP contribution >= 0.6 is 15.9 Å². The van der Waals surface area contributed by atoms with Crippen LogP contribution in [0.2, 0.25) is 0 Å². The molecule has 0 heterocycles. The number of aromatic hydroxyl groups is 1. The van der Waals surface area contributed by atoms with E-state index in [0.29, 0.717) is 12.3 Å². The highest BCUT2D eigenvalue weighted by Gasteiger charge is 2.09. The molecule has 0 saturated heterocycles. The Hall–Kier alpha value is -1.52. The van der Waals surface area contributed by atoms with Crippen molar-refractivity contribution in [3.05, 3.63) is 58.1 Å². The zero-order valence-corrected chi connectivity index (χ0v) is 13.1. The highest BCUT2D eigenvalue weighted by atomic mass is 79.9. The molecule has 0 spiro atoms. The molecule has 2 aromatic carbocycles. The molecule has 0 radical (unpaired) electrons. The number of nitrogens with one attached hydrogen (secondary N) is 1. The summed E-state index contributed by atoms with van der Waals surface area (Å²) in [6.45, 7) is 2.83. The fraction of sp³-hybridized carbons (Fsp3) is 0.250. The van der Waals surface area contributed by atoms with E-state index >= 15 is 0 Å². The molecule has 20 heavy (non-hydrogen) atoms. The molecule has 0 aromatic heterocycles. The van der Waals surface area contributed by atoms with Crippen LogP contribution in [0.25, 0.3) is 0 Å². The number of benzene rings is 2. The molecule has 0 aliphatic heterocycles. The van der Waals surface area contributed by atoms with Crippen molar-refractivity contribution >= 4 is 15.9 Å². The molecule has 0 aliphatic rings. The Morgan fingerprint density at radius 3 is 2.70 bits per heavy atom. The quantitative estimate of drug-likeness (QED) is 0.867. The van der Waals surface area contributed by atoms with E-state index in [4.69, 9.17) is 4.74 Å². The Labute approximate surface area is 127 Å². The number of phenols is 1. The van der Waals surface area contributed by atoms with Crippen LogP contribution in [0.1, 0.15) is 24.1 Å². The first kappa shape index (κ1) is 14.9. The van der Waals surface area contributed by atoms with Crippen LogP contribution in [0.4, 0.5) is 0 Å². The second-order valence-corrected chi connectivity index (χ2v) is 5.48. The first-order valence-corrected chi connectivity index (χ1v) is 7.25. The van der Waals surface area contributed by atoms with E-state index in [-0.39, 0.29) is 11.8 Å². The lowest BCUT2D eigenvalue weighted by Gasteiger charge is -2.16. The molecule has 1 atom stereocenters. The summed E-state index contributed by atoms with van der Waals surface area (Å²) in [6.07, 6.45) is 0. The van der Waals surface area contributed by atoms with Crippen LogP contribution in [-0.4, -0.2) is 12.2 Å². The molecule has 0 bridgehead atoms. The monoisotopic (exact) mass is 335 g/mol. The lowest BCUT2D eigenvalue weighted by molar-refractivity contribution is 0.372. The summed E-state index contributed by atoms with van der Waals surface area (Å²) in [5.41, 5.74) is 2.29. The lowest BCUT2D eigenvalue weighted by atomic mass is 10.1. The average Bonchev–Trinajstić information content (AvgIpc) is 2.46. The van der Waals surface area contributed by atoms with E-state index in [1.54, 1.807) is 13.2 Å². The van der Waals surface area contributed by atoms with Gasteiger partial charge < -0.3 is 15.2 Å². The summed E-state index contributed by atoms with van der Waals surface area (Å²) in [7, 11) is 1.55. The standard InChI is InChI=1S/C16H18BrNO2/c1-11(13-5-3-4-6-14(13)17)18-10-12-7-8-15(19)16(9-12)20-2/h3-9,11,18-19H,10H2,1-2H3/t11-/m1/s1. The van der Waals surface area contributed by atoms with E-state index < -0.39 is 0 Å². The van der Waals surface area contributed by atoms with Gasteiger partial charge in [-0.25, -0.2) is 0 Å². The summed E-state index contributed by atoms with van der Waals surface area (Å²) in [5.74, 6) is 0.660. The van der Waals surface area contributed by atoms with Gasteiger partial charge in [0.15, 0.2) is 11.5 Å². The van der Waals surface area contributed by atoms with Gasteiger partial charge in [-0.05, 0) is 36.2 Å². The van der Waals surface area contributed by atoms with E-state index in [0.717, 1.165) is 10.0 Å². The molecular formula is C16H18BrNO2. The van der Waals surface area contributed by atoms with Gasteiger partial charge in [0.2, 0.25) is 0 Å². The van der Waals surface area contributed by atoms with Gasteiger partial charge in [0.1, 0.15) is 0 Å². The number of rotatable bonds is 5. The van der Waals surface area contributed by atoms with Crippen molar-refractivity contribution in [2.75, 3.05) is 7.11 Å². The molecule has 106 valence electrons. The van der Waals surface area contributed by atoms with Gasteiger partial charge >= 0.3 is 0 Å². The van der Waals surface area contributed by atoms with Gasteiger partial charge in [0.25, 0.3) is 0 Å². The van der Waals surface area contributed by atoms with Crippen LogP contribution in [-0.2, 0) is 6.54 Å². The first-order chi connectivity index (χ1) is 9.61. The number of methoxy groups -OCH3 is 1. The van der Waals surface area contributed by atoms with Crippen molar-refractivity contribution in [1.29, 1.82) is 0 Å². The van der Waals surface area contributed by atoms with Crippen molar-refractivity contribution in [2.45, 2.75) is 19.5 Å². The summed E-state index contributed by atoms with van der Waals surface area (Å²) in [6, 6.07) is 13.8. The molecule has 2 N–H and O–H groups in total. The van der Waals surface area contributed by atoms with Gasteiger partial charge in [-0.3, -0.25) is 0 Å². The Balaban J connectivity index is 2.03. The molecule has 2 aromatic rings. The average molecular weight is 336 g/mol. The van der Waals surface area contributed by atoms with Crippen molar-refractivity contribution in [2.24, 2.45) is 0 Å². The maximum Gasteiger partial charge on any atom is 0.160 e. The molecule has 0 fully saturated rings. The van der Waals surface area contributed by atoms with Gasteiger partial charge in [-0.15, -0.1) is 0 Å². The van der Waals surface area contributed by atoms with Crippen LogP contribution in [0, 0.1) is 0 Å². The smallest absolute Gasteiger partial charge is 0.160 e. The number of hydrogen-bond acceptors (Lipinski definition) is 3. The van der Waals surface area contributed by atoms with Gasteiger partial charge in [-0.1, -0.05) is 40.2 Å².